The molecular weight excluding hydrogens is 418 g/mol. The third-order valence-electron chi connectivity index (χ3n) is 6.17. The van der Waals surface area contributed by atoms with Crippen molar-refractivity contribution in [3.8, 4) is 11.5 Å². The summed E-state index contributed by atoms with van der Waals surface area (Å²) in [4.78, 5) is 29.8. The highest BCUT2D eigenvalue weighted by Gasteiger charge is 2.33. The number of piperidine rings is 1. The number of para-hydroxylation sites is 3. The Bertz CT molecular complexity index is 934. The fourth-order valence-corrected chi connectivity index (χ4v) is 4.62. The van der Waals surface area contributed by atoms with E-state index in [9.17, 15) is 9.59 Å². The quantitative estimate of drug-likeness (QED) is 0.724. The molecule has 2 amide bonds. The fraction of sp³-hybridized carbons (Fsp3) is 0.462. The van der Waals surface area contributed by atoms with E-state index in [-0.39, 0.29) is 29.9 Å². The molecule has 2 heterocycles. The van der Waals surface area contributed by atoms with Crippen molar-refractivity contribution < 1.29 is 19.1 Å². The van der Waals surface area contributed by atoms with Crippen molar-refractivity contribution in [1.82, 2.24) is 9.80 Å². The Hall–Kier alpha value is -2.90. The molecule has 7 heteroatoms. The smallest absolute Gasteiger partial charge is 0.238 e. The van der Waals surface area contributed by atoms with Crippen LogP contribution in [0.5, 0.6) is 11.5 Å². The van der Waals surface area contributed by atoms with Gasteiger partial charge in [0.25, 0.3) is 0 Å². The molecule has 2 aliphatic rings. The maximum absolute atomic E-state index is 13.0. The van der Waals surface area contributed by atoms with Crippen molar-refractivity contribution in [2.24, 2.45) is 5.92 Å². The summed E-state index contributed by atoms with van der Waals surface area (Å²) in [5.41, 5.74) is 0.645. The summed E-state index contributed by atoms with van der Waals surface area (Å²) in [5.74, 6) is 1.50. The Balaban J connectivity index is 1.27. The monoisotopic (exact) mass is 451 g/mol. The van der Waals surface area contributed by atoms with Crippen LogP contribution < -0.4 is 10.1 Å². The van der Waals surface area contributed by atoms with E-state index in [2.05, 4.69) is 10.2 Å². The van der Waals surface area contributed by atoms with Crippen molar-refractivity contribution in [2.75, 3.05) is 38.0 Å². The maximum atomic E-state index is 13.0. The van der Waals surface area contributed by atoms with E-state index in [0.717, 1.165) is 31.7 Å². The van der Waals surface area contributed by atoms with Crippen LogP contribution in [-0.2, 0) is 14.3 Å². The minimum absolute atomic E-state index is 0.0295. The summed E-state index contributed by atoms with van der Waals surface area (Å²) in [5, 5.41) is 2.98. The van der Waals surface area contributed by atoms with Gasteiger partial charge in [-0.05, 0) is 64.0 Å². The number of amides is 2. The van der Waals surface area contributed by atoms with Crippen LogP contribution in [0.2, 0.25) is 0 Å². The molecule has 2 atom stereocenters. The van der Waals surface area contributed by atoms with Crippen molar-refractivity contribution >= 4 is 17.5 Å². The summed E-state index contributed by atoms with van der Waals surface area (Å²) >= 11 is 0. The topological polar surface area (TPSA) is 71.1 Å². The van der Waals surface area contributed by atoms with Gasteiger partial charge in [-0.3, -0.25) is 14.5 Å². The van der Waals surface area contributed by atoms with Crippen LogP contribution in [0.25, 0.3) is 0 Å². The van der Waals surface area contributed by atoms with Crippen LogP contribution in [0.15, 0.2) is 54.6 Å². The highest BCUT2D eigenvalue weighted by molar-refractivity contribution is 5.93. The van der Waals surface area contributed by atoms with Crippen molar-refractivity contribution in [1.29, 1.82) is 0 Å². The molecule has 7 nitrogen and oxygen atoms in total. The molecule has 1 N–H and O–H groups in total. The summed E-state index contributed by atoms with van der Waals surface area (Å²) in [7, 11) is 0. The van der Waals surface area contributed by atoms with Gasteiger partial charge in [0, 0.05) is 19.0 Å². The second kappa shape index (κ2) is 10.8. The van der Waals surface area contributed by atoms with Crippen molar-refractivity contribution in [2.45, 2.75) is 38.9 Å². The van der Waals surface area contributed by atoms with E-state index < -0.39 is 0 Å². The third kappa shape index (κ3) is 6.33. The molecule has 0 radical (unpaired) electrons. The van der Waals surface area contributed by atoms with Gasteiger partial charge in [-0.2, -0.15) is 0 Å². The molecule has 2 saturated heterocycles. The second-order valence-electron chi connectivity index (χ2n) is 9.01. The van der Waals surface area contributed by atoms with Crippen LogP contribution in [0, 0.1) is 5.92 Å². The van der Waals surface area contributed by atoms with Gasteiger partial charge in [-0.25, -0.2) is 0 Å². The number of hydrogen-bond acceptors (Lipinski definition) is 5. The van der Waals surface area contributed by atoms with E-state index >= 15 is 0 Å². The van der Waals surface area contributed by atoms with Gasteiger partial charge in [-0.15, -0.1) is 0 Å². The van der Waals surface area contributed by atoms with Crippen LogP contribution >= 0.6 is 0 Å². The number of ether oxygens (including phenoxy) is 2. The number of nitrogens with zero attached hydrogens (tertiary/aromatic N) is 2. The summed E-state index contributed by atoms with van der Waals surface area (Å²) in [6.45, 7) is 7.13. The summed E-state index contributed by atoms with van der Waals surface area (Å²) in [6, 6.07) is 16.9. The first-order valence-electron chi connectivity index (χ1n) is 11.8. The molecule has 4 rings (SSSR count). The maximum Gasteiger partial charge on any atom is 0.238 e. The van der Waals surface area contributed by atoms with Crippen LogP contribution in [-0.4, -0.2) is 66.5 Å². The standard InChI is InChI=1S/C26H33N3O4/c1-19-16-29(17-20(2)32-19)26(31)21-12-14-28(15-13-21)18-25(30)27-23-10-6-7-11-24(23)33-22-8-4-3-5-9-22/h3-11,19-21H,12-18H2,1-2H3,(H,27,30). The normalized spacial score (nSPS) is 22.1. The number of hydrogen-bond donors (Lipinski definition) is 1. The molecule has 0 aromatic heterocycles. The van der Waals surface area contributed by atoms with Gasteiger partial charge < -0.3 is 19.7 Å². The lowest BCUT2D eigenvalue weighted by Gasteiger charge is -2.39. The first-order chi connectivity index (χ1) is 16.0. The van der Waals surface area contributed by atoms with Crippen molar-refractivity contribution in [3.05, 3.63) is 54.6 Å². The molecular formula is C26H33N3O4. The van der Waals surface area contributed by atoms with E-state index in [0.29, 0.717) is 31.1 Å². The Morgan fingerprint density at radius 2 is 1.61 bits per heavy atom. The van der Waals surface area contributed by atoms with Gasteiger partial charge in [0.05, 0.1) is 24.4 Å². The van der Waals surface area contributed by atoms with Crippen molar-refractivity contribution in [3.63, 3.8) is 0 Å². The second-order valence-corrected chi connectivity index (χ2v) is 9.01. The highest BCUT2D eigenvalue weighted by atomic mass is 16.5. The van der Waals surface area contributed by atoms with E-state index in [4.69, 9.17) is 9.47 Å². The Labute approximate surface area is 195 Å². The Morgan fingerprint density at radius 1 is 0.970 bits per heavy atom. The fourth-order valence-electron chi connectivity index (χ4n) is 4.62. The average Bonchev–Trinajstić information content (AvgIpc) is 2.80. The molecule has 176 valence electrons. The number of anilines is 1. The van der Waals surface area contributed by atoms with Gasteiger partial charge >= 0.3 is 0 Å². The van der Waals surface area contributed by atoms with E-state index in [1.54, 1.807) is 0 Å². The predicted octanol–water partition coefficient (Wildman–Crippen LogP) is 3.77. The average molecular weight is 452 g/mol. The number of rotatable bonds is 6. The van der Waals surface area contributed by atoms with Gasteiger partial charge in [-0.1, -0.05) is 30.3 Å². The predicted molar refractivity (Wildman–Crippen MR) is 127 cm³/mol. The highest BCUT2D eigenvalue weighted by Crippen LogP contribution is 2.29. The number of morpholine rings is 1. The van der Waals surface area contributed by atoms with Gasteiger partial charge in [0.1, 0.15) is 5.75 Å². The van der Waals surface area contributed by atoms with Crippen LogP contribution in [0.3, 0.4) is 0 Å². The Kier molecular flexibility index (Phi) is 7.62. The largest absolute Gasteiger partial charge is 0.455 e. The summed E-state index contributed by atoms with van der Waals surface area (Å²) in [6.07, 6.45) is 1.71. The molecule has 0 bridgehead atoms. The molecule has 33 heavy (non-hydrogen) atoms. The van der Waals surface area contributed by atoms with Gasteiger partial charge in [0.15, 0.2) is 5.75 Å². The van der Waals surface area contributed by atoms with E-state index in [1.807, 2.05) is 73.3 Å². The number of carbonyl (C=O) groups is 2. The SMILES string of the molecule is CC1CN(C(=O)C2CCN(CC(=O)Nc3ccccc3Oc3ccccc3)CC2)CC(C)O1. The third-order valence-corrected chi connectivity index (χ3v) is 6.17. The Morgan fingerprint density at radius 3 is 2.30 bits per heavy atom. The number of likely N-dealkylation sites (tertiary alicyclic amines) is 1. The molecule has 2 aromatic carbocycles. The van der Waals surface area contributed by atoms with Gasteiger partial charge in [0.2, 0.25) is 11.8 Å². The lowest BCUT2D eigenvalue weighted by atomic mass is 9.94. The first-order valence-corrected chi connectivity index (χ1v) is 11.8. The molecule has 0 saturated carbocycles. The zero-order valence-corrected chi connectivity index (χ0v) is 19.4. The number of benzene rings is 2. The molecule has 0 spiro atoms. The molecule has 2 aromatic rings. The number of nitrogens with one attached hydrogen (secondary N) is 1. The first kappa shape index (κ1) is 23.3. The molecule has 2 fully saturated rings. The lowest BCUT2D eigenvalue weighted by Crippen LogP contribution is -2.51. The lowest BCUT2D eigenvalue weighted by molar-refractivity contribution is -0.148. The van der Waals surface area contributed by atoms with E-state index in [1.165, 1.54) is 0 Å². The zero-order chi connectivity index (χ0) is 23.2. The number of carbonyl (C=O) groups excluding carboxylic acids is 2. The molecule has 0 aliphatic carbocycles. The zero-order valence-electron chi connectivity index (χ0n) is 19.4. The molecule has 2 unspecified atom stereocenters. The van der Waals surface area contributed by atoms with Crippen LogP contribution in [0.1, 0.15) is 26.7 Å². The minimum atomic E-state index is -0.0836. The molecule has 2 aliphatic heterocycles. The minimum Gasteiger partial charge on any atom is -0.455 e. The summed E-state index contributed by atoms with van der Waals surface area (Å²) < 4.78 is 11.7. The van der Waals surface area contributed by atoms with Crippen LogP contribution in [0.4, 0.5) is 5.69 Å².